The zero-order valence-electron chi connectivity index (χ0n) is 12.6. The van der Waals surface area contributed by atoms with Crippen molar-refractivity contribution in [1.29, 1.82) is 0 Å². The standard InChI is InChI=1S/C16H26N2O3/c19-14(17-10-12-5-6-12)13-4-3-9-18(11-13)15(20)16(21)7-1-2-8-16/h12-13,21H,1-11H2,(H,17,19). The normalized spacial score (nSPS) is 28.4. The molecule has 0 aromatic carbocycles. The van der Waals surface area contributed by atoms with Crippen LogP contribution in [0.2, 0.25) is 0 Å². The van der Waals surface area contributed by atoms with Crippen molar-refractivity contribution in [2.24, 2.45) is 11.8 Å². The first-order chi connectivity index (χ1) is 10.1. The van der Waals surface area contributed by atoms with E-state index < -0.39 is 5.60 Å². The van der Waals surface area contributed by atoms with E-state index in [9.17, 15) is 14.7 Å². The van der Waals surface area contributed by atoms with Crippen LogP contribution in [0, 0.1) is 11.8 Å². The first-order valence-corrected chi connectivity index (χ1v) is 8.38. The molecule has 1 saturated heterocycles. The Hall–Kier alpha value is -1.10. The topological polar surface area (TPSA) is 69.6 Å². The van der Waals surface area contributed by atoms with Crippen molar-refractivity contribution in [2.75, 3.05) is 19.6 Å². The maximum absolute atomic E-state index is 12.5. The highest BCUT2D eigenvalue weighted by molar-refractivity contribution is 5.86. The zero-order chi connectivity index (χ0) is 14.9. The Labute approximate surface area is 126 Å². The molecule has 2 saturated carbocycles. The van der Waals surface area contributed by atoms with Crippen molar-refractivity contribution in [2.45, 2.75) is 57.0 Å². The second-order valence-electron chi connectivity index (χ2n) is 7.02. The molecule has 21 heavy (non-hydrogen) atoms. The predicted octanol–water partition coefficient (Wildman–Crippen LogP) is 1.06. The van der Waals surface area contributed by atoms with Crippen LogP contribution in [-0.4, -0.2) is 47.1 Å². The molecular formula is C16H26N2O3. The lowest BCUT2D eigenvalue weighted by Gasteiger charge is -2.36. The second kappa shape index (κ2) is 5.95. The van der Waals surface area contributed by atoms with E-state index in [1.54, 1.807) is 4.90 Å². The van der Waals surface area contributed by atoms with Crippen molar-refractivity contribution in [3.63, 3.8) is 0 Å². The molecule has 118 valence electrons. The number of piperidine rings is 1. The van der Waals surface area contributed by atoms with Crippen LogP contribution in [-0.2, 0) is 9.59 Å². The van der Waals surface area contributed by atoms with E-state index in [1.165, 1.54) is 12.8 Å². The van der Waals surface area contributed by atoms with Gasteiger partial charge < -0.3 is 15.3 Å². The van der Waals surface area contributed by atoms with Gasteiger partial charge in [-0.25, -0.2) is 0 Å². The van der Waals surface area contributed by atoms with Crippen LogP contribution < -0.4 is 5.32 Å². The maximum Gasteiger partial charge on any atom is 0.254 e. The predicted molar refractivity (Wildman–Crippen MR) is 78.5 cm³/mol. The van der Waals surface area contributed by atoms with E-state index in [0.29, 0.717) is 31.8 Å². The fourth-order valence-electron chi connectivity index (χ4n) is 3.55. The maximum atomic E-state index is 12.5. The minimum absolute atomic E-state index is 0.0813. The molecule has 1 heterocycles. The quantitative estimate of drug-likeness (QED) is 0.814. The summed E-state index contributed by atoms with van der Waals surface area (Å²) in [5.41, 5.74) is -1.16. The van der Waals surface area contributed by atoms with E-state index in [1.807, 2.05) is 0 Å². The third-order valence-corrected chi connectivity index (χ3v) is 5.17. The molecule has 1 aliphatic heterocycles. The first-order valence-electron chi connectivity index (χ1n) is 8.38. The number of aliphatic hydroxyl groups is 1. The largest absolute Gasteiger partial charge is 0.380 e. The molecule has 3 rings (SSSR count). The number of rotatable bonds is 4. The van der Waals surface area contributed by atoms with Gasteiger partial charge in [0.2, 0.25) is 5.91 Å². The van der Waals surface area contributed by atoms with Gasteiger partial charge in [0.15, 0.2) is 0 Å². The van der Waals surface area contributed by atoms with Crippen LogP contribution in [0.1, 0.15) is 51.4 Å². The monoisotopic (exact) mass is 294 g/mol. The van der Waals surface area contributed by atoms with Crippen molar-refractivity contribution >= 4 is 11.8 Å². The molecule has 0 radical (unpaired) electrons. The van der Waals surface area contributed by atoms with Gasteiger partial charge in [0.25, 0.3) is 5.91 Å². The minimum atomic E-state index is -1.16. The SMILES string of the molecule is O=C(NCC1CC1)C1CCCN(C(=O)C2(O)CCCC2)C1. The van der Waals surface area contributed by atoms with Gasteiger partial charge in [-0.1, -0.05) is 0 Å². The molecule has 3 aliphatic rings. The number of amides is 2. The molecular weight excluding hydrogens is 268 g/mol. The Kier molecular flexibility index (Phi) is 4.20. The smallest absolute Gasteiger partial charge is 0.254 e. The number of nitrogens with zero attached hydrogens (tertiary/aromatic N) is 1. The molecule has 0 aromatic heterocycles. The first kappa shape index (κ1) is 14.8. The lowest BCUT2D eigenvalue weighted by molar-refractivity contribution is -0.153. The molecule has 1 atom stereocenters. The summed E-state index contributed by atoms with van der Waals surface area (Å²) in [6.07, 6.45) is 7.12. The Bertz CT molecular complexity index is 414. The second-order valence-corrected chi connectivity index (χ2v) is 7.02. The fraction of sp³-hybridized carbons (Fsp3) is 0.875. The number of likely N-dealkylation sites (tertiary alicyclic amines) is 1. The molecule has 5 heteroatoms. The molecule has 3 fully saturated rings. The van der Waals surface area contributed by atoms with Gasteiger partial charge in [0, 0.05) is 19.6 Å². The number of carbonyl (C=O) groups is 2. The van der Waals surface area contributed by atoms with E-state index in [-0.39, 0.29) is 17.7 Å². The molecule has 5 nitrogen and oxygen atoms in total. The van der Waals surface area contributed by atoms with Gasteiger partial charge in [-0.05, 0) is 57.3 Å². The van der Waals surface area contributed by atoms with Crippen LogP contribution in [0.4, 0.5) is 0 Å². The van der Waals surface area contributed by atoms with E-state index in [0.717, 1.165) is 32.2 Å². The summed E-state index contributed by atoms with van der Waals surface area (Å²) in [7, 11) is 0. The highest BCUT2D eigenvalue weighted by atomic mass is 16.3. The van der Waals surface area contributed by atoms with Crippen LogP contribution in [0.25, 0.3) is 0 Å². The minimum Gasteiger partial charge on any atom is -0.380 e. The van der Waals surface area contributed by atoms with Gasteiger partial charge >= 0.3 is 0 Å². The summed E-state index contributed by atoms with van der Waals surface area (Å²) in [6.45, 7) is 1.93. The molecule has 0 spiro atoms. The van der Waals surface area contributed by atoms with Gasteiger partial charge in [-0.2, -0.15) is 0 Å². The molecule has 2 amide bonds. The molecule has 0 aromatic rings. The summed E-state index contributed by atoms with van der Waals surface area (Å²) < 4.78 is 0. The molecule has 2 aliphatic carbocycles. The number of hydrogen-bond acceptors (Lipinski definition) is 3. The summed E-state index contributed by atoms with van der Waals surface area (Å²) in [4.78, 5) is 26.4. The third-order valence-electron chi connectivity index (χ3n) is 5.17. The van der Waals surface area contributed by atoms with E-state index in [2.05, 4.69) is 5.32 Å². The fourth-order valence-corrected chi connectivity index (χ4v) is 3.55. The van der Waals surface area contributed by atoms with Gasteiger partial charge in [0.1, 0.15) is 5.60 Å². The third kappa shape index (κ3) is 3.39. The lowest BCUT2D eigenvalue weighted by Crippen LogP contribution is -2.52. The summed E-state index contributed by atoms with van der Waals surface area (Å²) in [5.74, 6) is 0.499. The summed E-state index contributed by atoms with van der Waals surface area (Å²) in [6, 6.07) is 0. The Morgan fingerprint density at radius 2 is 1.86 bits per heavy atom. The van der Waals surface area contributed by atoms with E-state index in [4.69, 9.17) is 0 Å². The molecule has 1 unspecified atom stereocenters. The number of carbonyl (C=O) groups excluding carboxylic acids is 2. The average Bonchev–Trinajstić information content (AvgIpc) is 3.24. The van der Waals surface area contributed by atoms with Gasteiger partial charge in [-0.3, -0.25) is 9.59 Å². The Morgan fingerprint density at radius 1 is 1.14 bits per heavy atom. The molecule has 2 N–H and O–H groups in total. The van der Waals surface area contributed by atoms with Crippen molar-refractivity contribution in [3.05, 3.63) is 0 Å². The Balaban J connectivity index is 1.54. The van der Waals surface area contributed by atoms with Gasteiger partial charge in [-0.15, -0.1) is 0 Å². The van der Waals surface area contributed by atoms with E-state index >= 15 is 0 Å². The van der Waals surface area contributed by atoms with Crippen LogP contribution in [0.3, 0.4) is 0 Å². The summed E-state index contributed by atoms with van der Waals surface area (Å²) in [5, 5.41) is 13.4. The lowest BCUT2D eigenvalue weighted by atomic mass is 9.93. The summed E-state index contributed by atoms with van der Waals surface area (Å²) >= 11 is 0. The average molecular weight is 294 g/mol. The Morgan fingerprint density at radius 3 is 2.52 bits per heavy atom. The number of nitrogens with one attached hydrogen (secondary N) is 1. The number of hydrogen-bond donors (Lipinski definition) is 2. The van der Waals surface area contributed by atoms with Crippen molar-refractivity contribution in [1.82, 2.24) is 10.2 Å². The highest BCUT2D eigenvalue weighted by Crippen LogP contribution is 2.32. The van der Waals surface area contributed by atoms with Crippen LogP contribution in [0.5, 0.6) is 0 Å². The highest BCUT2D eigenvalue weighted by Gasteiger charge is 2.43. The van der Waals surface area contributed by atoms with Crippen molar-refractivity contribution < 1.29 is 14.7 Å². The van der Waals surface area contributed by atoms with Crippen molar-refractivity contribution in [3.8, 4) is 0 Å². The zero-order valence-corrected chi connectivity index (χ0v) is 12.6. The molecule has 0 bridgehead atoms. The van der Waals surface area contributed by atoms with Crippen LogP contribution in [0.15, 0.2) is 0 Å². The van der Waals surface area contributed by atoms with Gasteiger partial charge in [0.05, 0.1) is 5.92 Å². The van der Waals surface area contributed by atoms with Crippen LogP contribution >= 0.6 is 0 Å².